The van der Waals surface area contributed by atoms with E-state index in [1.165, 1.54) is 36.9 Å². The second kappa shape index (κ2) is 20.6. The van der Waals surface area contributed by atoms with Crippen LogP contribution in [-0.4, -0.2) is 99.4 Å². The molecule has 8 aromatic rings. The zero-order chi connectivity index (χ0) is 52.8. The van der Waals surface area contributed by atoms with E-state index in [1.807, 2.05) is 34.1 Å². The first-order valence-electron chi connectivity index (χ1n) is 25.3. The van der Waals surface area contributed by atoms with Crippen LogP contribution in [0.2, 0.25) is 0 Å². The molecule has 0 saturated carbocycles. The number of fused-ring (bicyclic) bond motifs is 4. The topological polar surface area (TPSA) is 199 Å². The SMILES string of the molecule is CCOC(=O)c1cnn2c1CC(NC(=O)c1cnn3ccc(N4CCC[C@@H]4c4cc(F)ccc4F)cc13)CC2.O=C(O)c1cnn2c1CC(NC(=O)c1cnn3ccc(N4CCC[C@@H]4c4cc(F)ccc4F)cc13)CC2. The molecule has 4 aliphatic heterocycles. The van der Waals surface area contributed by atoms with Crippen LogP contribution in [0.15, 0.2) is 97.8 Å². The molecular weight excluding hydrogens is 989 g/mol. The van der Waals surface area contributed by atoms with Crippen molar-refractivity contribution in [1.82, 2.24) is 49.4 Å². The molecule has 3 N–H and O–H groups in total. The summed E-state index contributed by atoms with van der Waals surface area (Å²) in [4.78, 5) is 54.5. The minimum absolute atomic E-state index is 0.148. The Morgan fingerprint density at radius 2 is 1.05 bits per heavy atom. The number of aromatic carboxylic acids is 1. The fourth-order valence-corrected chi connectivity index (χ4v) is 11.2. The Bertz CT molecular complexity index is 3550. The second-order valence-electron chi connectivity index (χ2n) is 19.4. The molecule has 0 aliphatic carbocycles. The number of esters is 1. The monoisotopic (exact) mass is 1040 g/mol. The van der Waals surface area contributed by atoms with Gasteiger partial charge in [0, 0.05) is 86.0 Å². The number of hydrogen-bond donors (Lipinski definition) is 3. The number of rotatable bonds is 11. The van der Waals surface area contributed by atoms with Crippen LogP contribution in [0.25, 0.3) is 11.0 Å². The van der Waals surface area contributed by atoms with Gasteiger partial charge in [-0.05, 0) is 106 Å². The fourth-order valence-electron chi connectivity index (χ4n) is 11.2. The molecule has 10 heterocycles. The lowest BCUT2D eigenvalue weighted by Crippen LogP contribution is -2.40. The molecular formula is C54H52F4N12O6. The van der Waals surface area contributed by atoms with Crippen molar-refractivity contribution in [2.24, 2.45) is 0 Å². The lowest BCUT2D eigenvalue weighted by atomic mass is 10.0. The second-order valence-corrected chi connectivity index (χ2v) is 19.4. The van der Waals surface area contributed by atoms with Crippen LogP contribution in [0.5, 0.6) is 0 Å². The number of aromatic nitrogens is 8. The maximum atomic E-state index is 14.6. The van der Waals surface area contributed by atoms with E-state index in [1.54, 1.807) is 37.7 Å². The summed E-state index contributed by atoms with van der Waals surface area (Å²) >= 11 is 0. The average molecular weight is 1040 g/mol. The van der Waals surface area contributed by atoms with Crippen molar-refractivity contribution in [1.29, 1.82) is 0 Å². The van der Waals surface area contributed by atoms with Crippen molar-refractivity contribution >= 4 is 46.2 Å². The molecule has 18 nitrogen and oxygen atoms in total. The van der Waals surface area contributed by atoms with Gasteiger partial charge in [0.15, 0.2) is 0 Å². The third-order valence-corrected chi connectivity index (χ3v) is 14.9. The Morgan fingerprint density at radius 1 is 0.592 bits per heavy atom. The van der Waals surface area contributed by atoms with Crippen LogP contribution in [-0.2, 0) is 30.7 Å². The van der Waals surface area contributed by atoms with Gasteiger partial charge in [0.25, 0.3) is 11.8 Å². The van der Waals surface area contributed by atoms with Gasteiger partial charge in [0.2, 0.25) is 0 Å². The molecule has 0 spiro atoms. The molecule has 0 bridgehead atoms. The van der Waals surface area contributed by atoms with E-state index in [2.05, 4.69) is 31.0 Å². The van der Waals surface area contributed by atoms with Crippen molar-refractivity contribution in [3.05, 3.63) is 166 Å². The van der Waals surface area contributed by atoms with Crippen LogP contribution in [0.1, 0.15) is 121 Å². The van der Waals surface area contributed by atoms with Gasteiger partial charge in [-0.1, -0.05) is 0 Å². The first-order chi connectivity index (χ1) is 36.8. The Labute approximate surface area is 431 Å². The number of anilines is 2. The average Bonchev–Trinajstić information content (AvgIpc) is 4.29. The number of halogens is 4. The van der Waals surface area contributed by atoms with Crippen LogP contribution < -0.4 is 20.4 Å². The fraction of sp³-hybridized carbons (Fsp3) is 0.333. The number of pyridine rings is 2. The zero-order valence-electron chi connectivity index (χ0n) is 41.2. The Balaban J connectivity index is 0.000000162. The molecule has 76 heavy (non-hydrogen) atoms. The Kier molecular flexibility index (Phi) is 13.5. The predicted molar refractivity (Wildman–Crippen MR) is 268 cm³/mol. The molecule has 2 amide bonds. The highest BCUT2D eigenvalue weighted by Gasteiger charge is 2.33. The highest BCUT2D eigenvalue weighted by molar-refractivity contribution is 6.02. The maximum Gasteiger partial charge on any atom is 0.341 e. The summed E-state index contributed by atoms with van der Waals surface area (Å²) in [5, 5.41) is 32.6. The summed E-state index contributed by atoms with van der Waals surface area (Å²) in [6.07, 6.45) is 14.6. The van der Waals surface area contributed by atoms with Gasteiger partial charge in [-0.3, -0.25) is 19.0 Å². The van der Waals surface area contributed by atoms with Gasteiger partial charge >= 0.3 is 11.9 Å². The number of carbonyl (C=O) groups excluding carboxylic acids is 3. The van der Waals surface area contributed by atoms with Gasteiger partial charge in [0.05, 0.1) is 77.0 Å². The third-order valence-electron chi connectivity index (χ3n) is 14.9. The Hall–Kier alpha value is -8.56. The summed E-state index contributed by atoms with van der Waals surface area (Å²) in [5.74, 6) is -3.86. The smallest absolute Gasteiger partial charge is 0.341 e. The van der Waals surface area contributed by atoms with Crippen molar-refractivity contribution in [2.45, 2.75) is 95.5 Å². The van der Waals surface area contributed by atoms with E-state index in [-0.39, 0.29) is 48.2 Å². The summed E-state index contributed by atoms with van der Waals surface area (Å²) in [7, 11) is 0. The van der Waals surface area contributed by atoms with Crippen LogP contribution >= 0.6 is 0 Å². The number of hydrogen-bond acceptors (Lipinski definition) is 11. The molecule has 4 atom stereocenters. The van der Waals surface area contributed by atoms with Crippen molar-refractivity contribution < 1.29 is 46.6 Å². The number of amides is 2. The molecule has 22 heteroatoms. The van der Waals surface area contributed by atoms with E-state index >= 15 is 0 Å². The first kappa shape index (κ1) is 49.6. The van der Waals surface area contributed by atoms with Crippen LogP contribution in [0, 0.1) is 23.3 Å². The normalized spacial score (nSPS) is 19.0. The Morgan fingerprint density at radius 3 is 1.53 bits per heavy atom. The maximum absolute atomic E-state index is 14.6. The molecule has 6 aromatic heterocycles. The van der Waals surface area contributed by atoms with Gasteiger partial charge in [0.1, 0.15) is 34.4 Å². The molecule has 0 radical (unpaired) electrons. The highest BCUT2D eigenvalue weighted by atomic mass is 19.1. The number of carbonyl (C=O) groups is 4. The minimum Gasteiger partial charge on any atom is -0.478 e. The van der Waals surface area contributed by atoms with Crippen molar-refractivity contribution in [3.8, 4) is 0 Å². The molecule has 2 aromatic carbocycles. The molecule has 2 fully saturated rings. The number of ether oxygens (including phenoxy) is 1. The standard InChI is InChI=1S/C28H28F2N6O3.C26H24F2N6O3/c1-2-39-28(38)22-16-32-35-10-7-18(13-25(22)35)33-27(37)21-15-31-36-11-8-19(14-26(21)36)34-9-3-4-24(34)20-12-17(29)5-6-23(20)30;27-15-3-4-21(28)18(10-15)22-2-1-7-32(22)17-6-9-34-24(12-17)19(13-29-34)25(35)31-16-5-8-33-23(11-16)20(14-30-33)26(36)37/h5-6,8,11-12,14-16,18,24H,2-4,7,9-10,13H2,1H3,(H,33,37);3-4,6,9-10,12-14,16,22H,1-2,5,7-8,11H2,(H,31,35)(H,36,37)/t18?,24-;16?,22-/m11/s1. The molecule has 2 unspecified atom stereocenters. The van der Waals surface area contributed by atoms with Gasteiger partial charge in [-0.2, -0.15) is 20.4 Å². The summed E-state index contributed by atoms with van der Waals surface area (Å²) in [6, 6.07) is 13.5. The molecule has 2 saturated heterocycles. The third kappa shape index (κ3) is 9.58. The zero-order valence-corrected chi connectivity index (χ0v) is 41.2. The van der Waals surface area contributed by atoms with Crippen molar-refractivity contribution in [3.63, 3.8) is 0 Å². The first-order valence-corrected chi connectivity index (χ1v) is 25.3. The largest absolute Gasteiger partial charge is 0.478 e. The quantitative estimate of drug-likeness (QED) is 0.0846. The number of carboxylic acid groups (broad SMARTS) is 1. The van der Waals surface area contributed by atoms with E-state index in [4.69, 9.17) is 4.74 Å². The lowest BCUT2D eigenvalue weighted by molar-refractivity contribution is 0.0523. The summed E-state index contributed by atoms with van der Waals surface area (Å²) in [5.41, 5.74) is 6.16. The van der Waals surface area contributed by atoms with Gasteiger partial charge in [-0.15, -0.1) is 0 Å². The van der Waals surface area contributed by atoms with Gasteiger partial charge < -0.3 is 30.3 Å². The van der Waals surface area contributed by atoms with E-state index < -0.39 is 35.2 Å². The predicted octanol–water partition coefficient (Wildman–Crippen LogP) is 7.67. The van der Waals surface area contributed by atoms with Crippen LogP contribution in [0.3, 0.4) is 0 Å². The minimum atomic E-state index is -1.04. The number of aryl methyl sites for hydroxylation is 2. The summed E-state index contributed by atoms with van der Waals surface area (Å²) in [6.45, 7) is 4.47. The number of carboxylic acids is 1. The number of benzene rings is 2. The van der Waals surface area contributed by atoms with Crippen molar-refractivity contribution in [2.75, 3.05) is 29.5 Å². The van der Waals surface area contributed by atoms with E-state index in [9.17, 15) is 41.8 Å². The van der Waals surface area contributed by atoms with E-state index in [0.29, 0.717) is 109 Å². The summed E-state index contributed by atoms with van der Waals surface area (Å²) < 4.78 is 68.8. The molecule has 392 valence electrons. The lowest BCUT2D eigenvalue weighted by Gasteiger charge is -2.27. The number of nitrogens with one attached hydrogen (secondary N) is 2. The molecule has 4 aliphatic rings. The highest BCUT2D eigenvalue weighted by Crippen LogP contribution is 2.40. The molecule has 12 rings (SSSR count). The van der Waals surface area contributed by atoms with Crippen LogP contribution in [0.4, 0.5) is 28.9 Å². The van der Waals surface area contributed by atoms with E-state index in [0.717, 1.165) is 54.2 Å². The van der Waals surface area contributed by atoms with Gasteiger partial charge in [-0.25, -0.2) is 36.2 Å². The number of nitrogens with zero attached hydrogens (tertiary/aromatic N) is 10.